The van der Waals surface area contributed by atoms with Crippen LogP contribution in [0.15, 0.2) is 0 Å². The van der Waals surface area contributed by atoms with Crippen LogP contribution in [0.4, 0.5) is 0 Å². The number of aliphatic hydroxyl groups is 1. The minimum Gasteiger partial charge on any atom is -0.368 e. The summed E-state index contributed by atoms with van der Waals surface area (Å²) in [4.78, 5) is 0. The summed E-state index contributed by atoms with van der Waals surface area (Å²) in [5.74, 6) is -0.614. The van der Waals surface area contributed by atoms with E-state index in [1.807, 2.05) is 13.8 Å². The van der Waals surface area contributed by atoms with Crippen LogP contribution in [0.2, 0.25) is 0 Å². The highest BCUT2D eigenvalue weighted by Crippen LogP contribution is 2.42. The quantitative estimate of drug-likeness (QED) is 0.597. The summed E-state index contributed by atoms with van der Waals surface area (Å²) in [7, 11) is 0. The van der Waals surface area contributed by atoms with Crippen molar-refractivity contribution >= 4 is 0 Å². The molecule has 5 atom stereocenters. The molecule has 0 unspecified atom stereocenters. The zero-order valence-corrected chi connectivity index (χ0v) is 8.17. The number of fused-ring (bicyclic) bond motifs is 3. The van der Waals surface area contributed by atoms with Crippen LogP contribution in [-0.2, 0) is 18.9 Å². The monoisotopic (exact) mass is 202 g/mol. The molecule has 0 bridgehead atoms. The summed E-state index contributed by atoms with van der Waals surface area (Å²) < 4.78 is 22.1. The normalized spacial score (nSPS) is 54.6. The van der Waals surface area contributed by atoms with Crippen LogP contribution in [0.1, 0.15) is 20.3 Å². The van der Waals surface area contributed by atoms with Gasteiger partial charge in [-0.3, -0.25) is 0 Å². The van der Waals surface area contributed by atoms with E-state index in [-0.39, 0.29) is 24.6 Å². The fraction of sp³-hybridized carbons (Fsp3) is 1.00. The Hall–Kier alpha value is -0.200. The second-order valence-electron chi connectivity index (χ2n) is 4.43. The predicted octanol–water partition coefficient (Wildman–Crippen LogP) is -0.0299. The van der Waals surface area contributed by atoms with E-state index in [2.05, 4.69) is 0 Å². The largest absolute Gasteiger partial charge is 0.368 e. The zero-order valence-electron chi connectivity index (χ0n) is 8.17. The maximum absolute atomic E-state index is 9.29. The van der Waals surface area contributed by atoms with Crippen molar-refractivity contribution < 1.29 is 24.1 Å². The highest BCUT2D eigenvalue weighted by atomic mass is 16.8. The minimum atomic E-state index is -0.724. The Balaban J connectivity index is 1.78. The van der Waals surface area contributed by atoms with Crippen molar-refractivity contribution in [3.63, 3.8) is 0 Å². The zero-order chi connectivity index (χ0) is 9.92. The van der Waals surface area contributed by atoms with Crippen LogP contribution in [0.25, 0.3) is 0 Å². The van der Waals surface area contributed by atoms with Crippen molar-refractivity contribution in [3.05, 3.63) is 0 Å². The van der Waals surface area contributed by atoms with Crippen molar-refractivity contribution in [2.75, 3.05) is 0 Å². The molecule has 3 saturated heterocycles. The number of rotatable bonds is 0. The van der Waals surface area contributed by atoms with E-state index in [1.54, 1.807) is 0 Å². The van der Waals surface area contributed by atoms with Crippen LogP contribution in [0, 0.1) is 0 Å². The van der Waals surface area contributed by atoms with Crippen LogP contribution in [-0.4, -0.2) is 41.8 Å². The lowest BCUT2D eigenvalue weighted by Crippen LogP contribution is -2.32. The fourth-order valence-electron chi connectivity index (χ4n) is 2.34. The van der Waals surface area contributed by atoms with Gasteiger partial charge in [-0.25, -0.2) is 0 Å². The molecule has 5 heteroatoms. The molecular formula is C9H14O5. The van der Waals surface area contributed by atoms with Gasteiger partial charge in [0.05, 0.1) is 6.10 Å². The first-order valence-electron chi connectivity index (χ1n) is 4.90. The molecule has 14 heavy (non-hydrogen) atoms. The average molecular weight is 202 g/mol. The molecule has 3 aliphatic rings. The third kappa shape index (κ3) is 1.20. The van der Waals surface area contributed by atoms with Crippen molar-refractivity contribution in [2.45, 2.75) is 56.9 Å². The van der Waals surface area contributed by atoms with Crippen LogP contribution < -0.4 is 0 Å². The van der Waals surface area contributed by atoms with Gasteiger partial charge in [0.2, 0.25) is 0 Å². The topological polar surface area (TPSA) is 57.2 Å². The van der Waals surface area contributed by atoms with Crippen molar-refractivity contribution in [1.82, 2.24) is 0 Å². The maximum Gasteiger partial charge on any atom is 0.190 e. The Bertz CT molecular complexity index is 254. The van der Waals surface area contributed by atoms with Crippen molar-refractivity contribution in [2.24, 2.45) is 0 Å². The molecule has 0 aromatic heterocycles. The molecule has 5 nitrogen and oxygen atoms in total. The van der Waals surface area contributed by atoms with E-state index in [0.29, 0.717) is 6.42 Å². The van der Waals surface area contributed by atoms with Crippen LogP contribution in [0.3, 0.4) is 0 Å². The molecule has 1 N–H and O–H groups in total. The predicted molar refractivity (Wildman–Crippen MR) is 44.2 cm³/mol. The van der Waals surface area contributed by atoms with Gasteiger partial charge in [-0.15, -0.1) is 0 Å². The number of hydrogen-bond acceptors (Lipinski definition) is 5. The molecule has 3 rings (SSSR count). The fourth-order valence-corrected chi connectivity index (χ4v) is 2.34. The second kappa shape index (κ2) is 2.68. The Kier molecular flexibility index (Phi) is 1.73. The SMILES string of the molecule is CC1(C)O[C@H]2O[C@@H]3C[C@H](O)O[C@@H]3[C@H]2O1. The van der Waals surface area contributed by atoms with E-state index in [9.17, 15) is 5.11 Å². The van der Waals surface area contributed by atoms with E-state index >= 15 is 0 Å². The molecule has 0 amide bonds. The summed E-state index contributed by atoms with van der Waals surface area (Å²) in [5, 5.41) is 9.29. The van der Waals surface area contributed by atoms with Crippen molar-refractivity contribution in [1.29, 1.82) is 0 Å². The van der Waals surface area contributed by atoms with Crippen molar-refractivity contribution in [3.8, 4) is 0 Å². The summed E-state index contributed by atoms with van der Waals surface area (Å²) >= 11 is 0. The molecular weight excluding hydrogens is 188 g/mol. The van der Waals surface area contributed by atoms with E-state index in [4.69, 9.17) is 18.9 Å². The molecule has 0 aromatic carbocycles. The average Bonchev–Trinajstić information content (AvgIpc) is 2.58. The minimum absolute atomic E-state index is 0.0869. The highest BCUT2D eigenvalue weighted by molar-refractivity contribution is 4.97. The number of aliphatic hydroxyl groups excluding tert-OH is 1. The van der Waals surface area contributed by atoms with Gasteiger partial charge in [-0.05, 0) is 13.8 Å². The summed E-state index contributed by atoms with van der Waals surface area (Å²) in [5.41, 5.74) is 0. The second-order valence-corrected chi connectivity index (χ2v) is 4.43. The van der Waals surface area contributed by atoms with Gasteiger partial charge in [-0.1, -0.05) is 0 Å². The molecule has 3 fully saturated rings. The molecule has 3 aliphatic heterocycles. The summed E-state index contributed by atoms with van der Waals surface area (Å²) in [6, 6.07) is 0. The lowest BCUT2D eigenvalue weighted by molar-refractivity contribution is -0.210. The first-order valence-corrected chi connectivity index (χ1v) is 4.90. The van der Waals surface area contributed by atoms with Crippen LogP contribution in [0.5, 0.6) is 0 Å². The van der Waals surface area contributed by atoms with Gasteiger partial charge in [0.1, 0.15) is 12.2 Å². The van der Waals surface area contributed by atoms with Crippen LogP contribution >= 0.6 is 0 Å². The number of hydrogen-bond donors (Lipinski definition) is 1. The van der Waals surface area contributed by atoms with Gasteiger partial charge in [0, 0.05) is 6.42 Å². The molecule has 0 aliphatic carbocycles. The Morgan fingerprint density at radius 1 is 1.14 bits per heavy atom. The maximum atomic E-state index is 9.29. The molecule has 0 saturated carbocycles. The Morgan fingerprint density at radius 3 is 2.71 bits per heavy atom. The van der Waals surface area contributed by atoms with E-state index in [1.165, 1.54) is 0 Å². The van der Waals surface area contributed by atoms with Gasteiger partial charge in [-0.2, -0.15) is 0 Å². The summed E-state index contributed by atoms with van der Waals surface area (Å²) in [6.07, 6.45) is -1.03. The summed E-state index contributed by atoms with van der Waals surface area (Å²) in [6.45, 7) is 3.68. The molecule has 0 spiro atoms. The third-order valence-corrected chi connectivity index (χ3v) is 2.84. The lowest BCUT2D eigenvalue weighted by Gasteiger charge is -2.20. The highest BCUT2D eigenvalue weighted by Gasteiger charge is 2.58. The third-order valence-electron chi connectivity index (χ3n) is 2.84. The first kappa shape index (κ1) is 9.06. The Labute approximate surface area is 81.9 Å². The Morgan fingerprint density at radius 2 is 1.93 bits per heavy atom. The molecule has 3 heterocycles. The molecule has 0 aromatic rings. The van der Waals surface area contributed by atoms with Gasteiger partial charge in [0.25, 0.3) is 0 Å². The standard InChI is InChI=1S/C9H14O5/c1-9(2)13-7-6-4(3-5(10)12-6)11-8(7)14-9/h4-8,10H,3H2,1-2H3/t4-,5-,6+,7-,8-/m1/s1. The number of ether oxygens (including phenoxy) is 4. The molecule has 0 radical (unpaired) electrons. The van der Waals surface area contributed by atoms with E-state index in [0.717, 1.165) is 0 Å². The first-order chi connectivity index (χ1) is 6.55. The van der Waals surface area contributed by atoms with Gasteiger partial charge < -0.3 is 24.1 Å². The van der Waals surface area contributed by atoms with E-state index < -0.39 is 12.1 Å². The van der Waals surface area contributed by atoms with Gasteiger partial charge >= 0.3 is 0 Å². The smallest absolute Gasteiger partial charge is 0.190 e. The lowest BCUT2D eigenvalue weighted by atomic mass is 10.1. The molecule has 80 valence electrons. The van der Waals surface area contributed by atoms with Gasteiger partial charge in [0.15, 0.2) is 18.4 Å².